The number of rotatable bonds is 5. The Bertz CT molecular complexity index is 665. The van der Waals surface area contributed by atoms with Crippen LogP contribution in [0.3, 0.4) is 0 Å². The summed E-state index contributed by atoms with van der Waals surface area (Å²) in [5.41, 5.74) is 0.718. The molecule has 0 saturated heterocycles. The van der Waals surface area contributed by atoms with Crippen molar-refractivity contribution in [2.24, 2.45) is 0 Å². The summed E-state index contributed by atoms with van der Waals surface area (Å²) in [6, 6.07) is 7.08. The normalized spacial score (nSPS) is 11.8. The fraction of sp³-hybridized carbons (Fsp3) is 0.231. The lowest BCUT2D eigenvalue weighted by Crippen LogP contribution is -2.11. The van der Waals surface area contributed by atoms with Crippen LogP contribution < -0.4 is 10.6 Å². The van der Waals surface area contributed by atoms with Gasteiger partial charge in [-0.3, -0.25) is 10.1 Å². The molecule has 0 spiro atoms. The van der Waals surface area contributed by atoms with E-state index in [-0.39, 0.29) is 23.4 Å². The maximum Gasteiger partial charge on any atom is 0.353 e. The van der Waals surface area contributed by atoms with Crippen LogP contribution in [-0.2, 0) is 0 Å². The molecular weight excluding hydrogens is 294 g/mol. The van der Waals surface area contributed by atoms with Crippen molar-refractivity contribution in [2.75, 3.05) is 17.7 Å². The molecule has 0 radical (unpaired) electrons. The molecule has 2 rings (SSSR count). The van der Waals surface area contributed by atoms with Crippen LogP contribution in [0.2, 0.25) is 5.02 Å². The zero-order valence-corrected chi connectivity index (χ0v) is 12.3. The van der Waals surface area contributed by atoms with Crippen LogP contribution in [0, 0.1) is 10.1 Å². The molecule has 8 heteroatoms. The smallest absolute Gasteiger partial charge is 0.353 e. The summed E-state index contributed by atoms with van der Waals surface area (Å²) in [5.74, 6) is 0.322. The van der Waals surface area contributed by atoms with E-state index >= 15 is 0 Å². The summed E-state index contributed by atoms with van der Waals surface area (Å²) in [6.07, 6.45) is 1.27. The predicted molar refractivity (Wildman–Crippen MR) is 81.7 cm³/mol. The van der Waals surface area contributed by atoms with Crippen LogP contribution in [0.25, 0.3) is 0 Å². The second-order valence-electron chi connectivity index (χ2n) is 4.35. The standard InChI is InChI=1S/C13H14ClN5O2/c1-8(9-4-3-5-10(14)6-9)18-13-11(19(20)21)12(15-2)16-7-17-13/h3-8H,1-2H3,(H2,15,16,17,18). The molecule has 0 aliphatic carbocycles. The summed E-state index contributed by atoms with van der Waals surface area (Å²) in [6.45, 7) is 1.87. The summed E-state index contributed by atoms with van der Waals surface area (Å²) in [4.78, 5) is 18.5. The van der Waals surface area contributed by atoms with Gasteiger partial charge < -0.3 is 10.6 Å². The molecule has 1 heterocycles. The molecule has 2 aromatic rings. The third-order valence-electron chi connectivity index (χ3n) is 2.94. The summed E-state index contributed by atoms with van der Waals surface area (Å²) >= 11 is 5.95. The monoisotopic (exact) mass is 307 g/mol. The van der Waals surface area contributed by atoms with Gasteiger partial charge in [0, 0.05) is 12.1 Å². The molecule has 0 amide bonds. The van der Waals surface area contributed by atoms with Gasteiger partial charge in [-0.1, -0.05) is 23.7 Å². The minimum Gasteiger partial charge on any atom is -0.367 e. The fourth-order valence-electron chi connectivity index (χ4n) is 1.90. The van der Waals surface area contributed by atoms with Gasteiger partial charge in [-0.15, -0.1) is 0 Å². The van der Waals surface area contributed by atoms with Crippen LogP contribution in [0.4, 0.5) is 17.3 Å². The average Bonchev–Trinajstić information content (AvgIpc) is 2.46. The zero-order valence-electron chi connectivity index (χ0n) is 11.5. The highest BCUT2D eigenvalue weighted by Crippen LogP contribution is 2.31. The molecule has 7 nitrogen and oxygen atoms in total. The van der Waals surface area contributed by atoms with Crippen molar-refractivity contribution in [1.29, 1.82) is 0 Å². The SMILES string of the molecule is CNc1ncnc(NC(C)c2cccc(Cl)c2)c1[N+](=O)[O-]. The quantitative estimate of drug-likeness (QED) is 0.650. The third kappa shape index (κ3) is 3.38. The van der Waals surface area contributed by atoms with Crippen molar-refractivity contribution >= 4 is 28.9 Å². The van der Waals surface area contributed by atoms with E-state index < -0.39 is 4.92 Å². The maximum atomic E-state index is 11.2. The molecule has 0 fully saturated rings. The van der Waals surface area contributed by atoms with E-state index in [0.717, 1.165) is 5.56 Å². The molecule has 0 bridgehead atoms. The molecule has 0 aliphatic rings. The number of nitrogens with one attached hydrogen (secondary N) is 2. The molecule has 110 valence electrons. The van der Waals surface area contributed by atoms with Crippen LogP contribution in [0.15, 0.2) is 30.6 Å². The Morgan fingerprint density at radius 2 is 2.05 bits per heavy atom. The highest BCUT2D eigenvalue weighted by Gasteiger charge is 2.23. The molecule has 1 atom stereocenters. The van der Waals surface area contributed by atoms with Gasteiger partial charge in [0.1, 0.15) is 6.33 Å². The number of nitrogens with zero attached hydrogens (tertiary/aromatic N) is 3. The van der Waals surface area contributed by atoms with Crippen molar-refractivity contribution in [3.8, 4) is 0 Å². The highest BCUT2D eigenvalue weighted by molar-refractivity contribution is 6.30. The molecule has 21 heavy (non-hydrogen) atoms. The topological polar surface area (TPSA) is 93.0 Å². The van der Waals surface area contributed by atoms with E-state index in [4.69, 9.17) is 11.6 Å². The van der Waals surface area contributed by atoms with Crippen molar-refractivity contribution in [3.63, 3.8) is 0 Å². The van der Waals surface area contributed by atoms with Gasteiger partial charge in [-0.25, -0.2) is 9.97 Å². The van der Waals surface area contributed by atoms with Gasteiger partial charge in [0.2, 0.25) is 11.6 Å². The summed E-state index contributed by atoms with van der Waals surface area (Å²) < 4.78 is 0. The second kappa shape index (κ2) is 6.36. The maximum absolute atomic E-state index is 11.2. The summed E-state index contributed by atoms with van der Waals surface area (Å²) in [7, 11) is 1.57. The largest absolute Gasteiger partial charge is 0.367 e. The first kappa shape index (κ1) is 15.0. The molecule has 1 aromatic carbocycles. The Kier molecular flexibility index (Phi) is 4.54. The lowest BCUT2D eigenvalue weighted by atomic mass is 10.1. The number of hydrogen-bond acceptors (Lipinski definition) is 6. The van der Waals surface area contributed by atoms with Crippen LogP contribution in [0.5, 0.6) is 0 Å². The van der Waals surface area contributed by atoms with Crippen molar-refractivity contribution in [1.82, 2.24) is 9.97 Å². The number of aromatic nitrogens is 2. The lowest BCUT2D eigenvalue weighted by Gasteiger charge is -2.15. The number of benzene rings is 1. The lowest BCUT2D eigenvalue weighted by molar-refractivity contribution is -0.383. The van der Waals surface area contributed by atoms with Gasteiger partial charge >= 0.3 is 5.69 Å². The van der Waals surface area contributed by atoms with E-state index in [1.807, 2.05) is 19.1 Å². The van der Waals surface area contributed by atoms with E-state index in [2.05, 4.69) is 20.6 Å². The van der Waals surface area contributed by atoms with Gasteiger partial charge in [0.05, 0.1) is 11.0 Å². The van der Waals surface area contributed by atoms with Gasteiger partial charge in [0.15, 0.2) is 0 Å². The molecular formula is C13H14ClN5O2. The van der Waals surface area contributed by atoms with Gasteiger partial charge in [-0.05, 0) is 24.6 Å². The Morgan fingerprint density at radius 3 is 2.67 bits per heavy atom. The van der Waals surface area contributed by atoms with Crippen molar-refractivity contribution in [3.05, 3.63) is 51.3 Å². The molecule has 1 aromatic heterocycles. The Balaban J connectivity index is 2.33. The van der Waals surface area contributed by atoms with Crippen LogP contribution in [0.1, 0.15) is 18.5 Å². The van der Waals surface area contributed by atoms with Gasteiger partial charge in [0.25, 0.3) is 0 Å². The molecule has 0 saturated carbocycles. The first-order valence-corrected chi connectivity index (χ1v) is 6.60. The minimum absolute atomic E-state index is 0.159. The fourth-order valence-corrected chi connectivity index (χ4v) is 2.10. The van der Waals surface area contributed by atoms with Crippen molar-refractivity contribution in [2.45, 2.75) is 13.0 Å². The van der Waals surface area contributed by atoms with Crippen LogP contribution >= 0.6 is 11.6 Å². The first-order valence-electron chi connectivity index (χ1n) is 6.22. The Hall–Kier alpha value is -2.41. The number of nitro groups is 1. The number of hydrogen-bond donors (Lipinski definition) is 2. The van der Waals surface area contributed by atoms with E-state index in [9.17, 15) is 10.1 Å². The van der Waals surface area contributed by atoms with E-state index in [1.165, 1.54) is 6.33 Å². The first-order chi connectivity index (χ1) is 10.0. The molecule has 2 N–H and O–H groups in total. The zero-order chi connectivity index (χ0) is 15.4. The molecule has 1 unspecified atom stereocenters. The highest BCUT2D eigenvalue weighted by atomic mass is 35.5. The van der Waals surface area contributed by atoms with Gasteiger partial charge in [-0.2, -0.15) is 0 Å². The Labute approximate surface area is 126 Å². The van der Waals surface area contributed by atoms with Crippen molar-refractivity contribution < 1.29 is 4.92 Å². The number of halogens is 1. The van der Waals surface area contributed by atoms with Crippen LogP contribution in [-0.4, -0.2) is 21.9 Å². The van der Waals surface area contributed by atoms with E-state index in [0.29, 0.717) is 5.02 Å². The predicted octanol–water partition coefficient (Wildman–Crippen LogP) is 3.25. The van der Waals surface area contributed by atoms with E-state index in [1.54, 1.807) is 19.2 Å². The Morgan fingerprint density at radius 1 is 1.33 bits per heavy atom. The number of anilines is 2. The summed E-state index contributed by atoms with van der Waals surface area (Å²) in [5, 5.41) is 17.5. The minimum atomic E-state index is -0.515. The third-order valence-corrected chi connectivity index (χ3v) is 3.18. The second-order valence-corrected chi connectivity index (χ2v) is 4.78. The molecule has 0 aliphatic heterocycles. The average molecular weight is 308 g/mol.